The molecule has 1 fully saturated rings. The number of benzene rings is 2. The number of hydrogen-bond donors (Lipinski definition) is 0. The zero-order chi connectivity index (χ0) is 24.4. The van der Waals surface area contributed by atoms with Crippen LogP contribution in [0.15, 0.2) is 36.4 Å². The van der Waals surface area contributed by atoms with E-state index >= 15 is 0 Å². The maximum absolute atomic E-state index is 13.7. The van der Waals surface area contributed by atoms with E-state index in [1.54, 1.807) is 19.1 Å². The van der Waals surface area contributed by atoms with Gasteiger partial charge < -0.3 is 28.7 Å². The predicted molar refractivity (Wildman–Crippen MR) is 129 cm³/mol. The van der Waals surface area contributed by atoms with E-state index in [0.717, 1.165) is 35.3 Å². The van der Waals surface area contributed by atoms with Crippen LogP contribution in [0.5, 0.6) is 17.2 Å². The van der Waals surface area contributed by atoms with Crippen molar-refractivity contribution in [2.75, 3.05) is 53.7 Å². The average Bonchev–Trinajstić information content (AvgIpc) is 3.73. The second kappa shape index (κ2) is 10.2. The number of carbonyl (C=O) groups excluding carboxylic acids is 2. The minimum absolute atomic E-state index is 0.0371. The van der Waals surface area contributed by atoms with Crippen LogP contribution in [0.25, 0.3) is 0 Å². The second-order valence-corrected chi connectivity index (χ2v) is 9.21. The molecule has 3 aliphatic heterocycles. The Labute approximate surface area is 205 Å². The number of ether oxygens (including phenoxy) is 4. The summed E-state index contributed by atoms with van der Waals surface area (Å²) in [5, 5.41) is 0. The van der Waals surface area contributed by atoms with Gasteiger partial charge in [0.1, 0.15) is 12.4 Å². The third kappa shape index (κ3) is 4.93. The normalized spacial score (nSPS) is 20.7. The molecule has 0 saturated heterocycles. The maximum Gasteiger partial charge on any atom is 0.242 e. The molecule has 2 amide bonds. The van der Waals surface area contributed by atoms with Crippen molar-refractivity contribution in [1.82, 2.24) is 9.80 Å². The minimum atomic E-state index is -0.306. The Hall–Kier alpha value is -3.26. The molecule has 0 radical (unpaired) electrons. The number of carbonyl (C=O) groups is 2. The minimum Gasteiger partial charge on any atom is -0.493 e. The summed E-state index contributed by atoms with van der Waals surface area (Å²) >= 11 is 0. The van der Waals surface area contributed by atoms with Gasteiger partial charge in [-0.1, -0.05) is 12.1 Å². The van der Waals surface area contributed by atoms with Gasteiger partial charge in [-0.15, -0.1) is 0 Å². The van der Waals surface area contributed by atoms with E-state index in [1.165, 1.54) is 0 Å². The maximum atomic E-state index is 13.7. The fourth-order valence-corrected chi connectivity index (χ4v) is 4.93. The highest BCUT2D eigenvalue weighted by Crippen LogP contribution is 2.41. The third-order valence-corrected chi connectivity index (χ3v) is 6.96. The molecular formula is C27H32N2O6. The fraction of sp³-hybridized carbons (Fsp3) is 0.481. The molecule has 1 atom stereocenters. The lowest BCUT2D eigenvalue weighted by molar-refractivity contribution is -0.143. The van der Waals surface area contributed by atoms with Crippen LogP contribution < -0.4 is 14.2 Å². The molecule has 1 saturated carbocycles. The Balaban J connectivity index is 1.54. The second-order valence-electron chi connectivity index (χ2n) is 9.21. The van der Waals surface area contributed by atoms with Crippen molar-refractivity contribution in [3.8, 4) is 17.2 Å². The summed E-state index contributed by atoms with van der Waals surface area (Å²) in [5.74, 6) is 2.06. The molecule has 35 heavy (non-hydrogen) atoms. The summed E-state index contributed by atoms with van der Waals surface area (Å²) in [6.45, 7) is 2.20. The van der Waals surface area contributed by atoms with Crippen molar-refractivity contribution in [1.29, 1.82) is 0 Å². The van der Waals surface area contributed by atoms with Crippen LogP contribution in [0.3, 0.4) is 0 Å². The summed E-state index contributed by atoms with van der Waals surface area (Å²) in [7, 11) is 3.24. The number of rotatable bonds is 3. The van der Waals surface area contributed by atoms with Crippen LogP contribution in [0.2, 0.25) is 0 Å². The molecule has 3 heterocycles. The zero-order valence-electron chi connectivity index (χ0n) is 20.3. The van der Waals surface area contributed by atoms with Crippen molar-refractivity contribution >= 4 is 11.8 Å². The molecule has 186 valence electrons. The summed E-state index contributed by atoms with van der Waals surface area (Å²) in [6.07, 6.45) is 2.48. The van der Waals surface area contributed by atoms with Crippen LogP contribution >= 0.6 is 0 Å². The van der Waals surface area contributed by atoms with Gasteiger partial charge in [0.25, 0.3) is 0 Å². The highest BCUT2D eigenvalue weighted by molar-refractivity contribution is 5.87. The van der Waals surface area contributed by atoms with Crippen molar-refractivity contribution < 1.29 is 28.5 Å². The van der Waals surface area contributed by atoms with Crippen LogP contribution in [0.4, 0.5) is 0 Å². The van der Waals surface area contributed by atoms with Crippen molar-refractivity contribution in [3.63, 3.8) is 0 Å². The number of amides is 2. The first-order valence-electron chi connectivity index (χ1n) is 12.2. The SMILES string of the molecule is COc1cc2c(cc1OC)C1c3ccc(cc3)OCCOCCN(C(=O)C3CC3)CC(=O)N1CC2. The molecule has 2 aromatic rings. The fourth-order valence-electron chi connectivity index (χ4n) is 4.93. The molecule has 1 aliphatic carbocycles. The third-order valence-electron chi connectivity index (χ3n) is 6.96. The Morgan fingerprint density at radius 3 is 2.43 bits per heavy atom. The smallest absolute Gasteiger partial charge is 0.242 e. The Morgan fingerprint density at radius 1 is 0.971 bits per heavy atom. The highest BCUT2D eigenvalue weighted by atomic mass is 16.5. The Bertz CT molecular complexity index is 1080. The van der Waals surface area contributed by atoms with Gasteiger partial charge in [0.05, 0.1) is 40.0 Å². The van der Waals surface area contributed by atoms with Crippen molar-refractivity contribution in [2.45, 2.75) is 25.3 Å². The van der Waals surface area contributed by atoms with Crippen LogP contribution in [-0.2, 0) is 20.7 Å². The lowest BCUT2D eigenvalue weighted by atomic mass is 9.87. The number of fused-ring (bicyclic) bond motifs is 11. The van der Waals surface area contributed by atoms with Crippen LogP contribution in [-0.4, -0.2) is 75.3 Å². The van der Waals surface area contributed by atoms with E-state index in [0.29, 0.717) is 50.8 Å². The number of methoxy groups -OCH3 is 2. The first-order valence-corrected chi connectivity index (χ1v) is 12.2. The zero-order valence-corrected chi connectivity index (χ0v) is 20.3. The van der Waals surface area contributed by atoms with Crippen LogP contribution in [0, 0.1) is 5.92 Å². The van der Waals surface area contributed by atoms with E-state index in [9.17, 15) is 9.59 Å². The predicted octanol–water partition coefficient (Wildman–Crippen LogP) is 2.83. The van der Waals surface area contributed by atoms with E-state index in [4.69, 9.17) is 18.9 Å². The molecule has 4 aliphatic rings. The molecule has 2 bridgehead atoms. The van der Waals surface area contributed by atoms with Gasteiger partial charge in [-0.3, -0.25) is 9.59 Å². The van der Waals surface area contributed by atoms with Gasteiger partial charge in [-0.2, -0.15) is 0 Å². The summed E-state index contributed by atoms with van der Waals surface area (Å²) in [4.78, 5) is 30.3. The van der Waals surface area contributed by atoms with E-state index < -0.39 is 0 Å². The van der Waals surface area contributed by atoms with Crippen molar-refractivity contribution in [3.05, 3.63) is 53.1 Å². The standard InChI is InChI=1S/C27H32N2O6/c1-32-23-15-20-9-10-29-25(30)17-28(27(31)19-3-4-19)11-12-34-13-14-35-21-7-5-18(6-8-21)26(29)22(20)16-24(23)33-2/h5-8,15-16,19,26H,3-4,9-14,17H2,1-2H3. The monoisotopic (exact) mass is 480 g/mol. The molecule has 6 rings (SSSR count). The summed E-state index contributed by atoms with van der Waals surface area (Å²) in [6, 6.07) is 11.5. The molecule has 8 nitrogen and oxygen atoms in total. The van der Waals surface area contributed by atoms with E-state index in [-0.39, 0.29) is 30.3 Å². The van der Waals surface area contributed by atoms with Crippen molar-refractivity contribution in [2.24, 2.45) is 5.92 Å². The average molecular weight is 481 g/mol. The largest absolute Gasteiger partial charge is 0.493 e. The van der Waals surface area contributed by atoms with E-state index in [1.807, 2.05) is 41.3 Å². The summed E-state index contributed by atoms with van der Waals surface area (Å²) in [5.41, 5.74) is 3.10. The van der Waals surface area contributed by atoms with Gasteiger partial charge >= 0.3 is 0 Å². The Morgan fingerprint density at radius 2 is 1.71 bits per heavy atom. The van der Waals surface area contributed by atoms with Gasteiger partial charge in [0.15, 0.2) is 11.5 Å². The number of hydrogen-bond acceptors (Lipinski definition) is 6. The Kier molecular flexibility index (Phi) is 6.81. The molecule has 2 aromatic carbocycles. The first kappa shape index (κ1) is 23.5. The van der Waals surface area contributed by atoms with Gasteiger partial charge in [0.2, 0.25) is 11.8 Å². The number of nitrogens with zero attached hydrogens (tertiary/aromatic N) is 2. The van der Waals surface area contributed by atoms with Gasteiger partial charge in [-0.25, -0.2) is 0 Å². The molecule has 8 heteroatoms. The first-order chi connectivity index (χ1) is 17.1. The lowest BCUT2D eigenvalue weighted by Crippen LogP contribution is -2.48. The molecule has 0 N–H and O–H groups in total. The molecular weight excluding hydrogens is 448 g/mol. The topological polar surface area (TPSA) is 77.5 Å². The lowest BCUT2D eigenvalue weighted by Gasteiger charge is -2.39. The van der Waals surface area contributed by atoms with Crippen LogP contribution in [0.1, 0.15) is 35.6 Å². The molecule has 1 unspecified atom stereocenters. The molecule has 0 aromatic heterocycles. The highest BCUT2D eigenvalue weighted by Gasteiger charge is 2.37. The van der Waals surface area contributed by atoms with Gasteiger partial charge in [0, 0.05) is 19.0 Å². The molecule has 0 spiro atoms. The summed E-state index contributed by atoms with van der Waals surface area (Å²) < 4.78 is 22.6. The quantitative estimate of drug-likeness (QED) is 0.629. The van der Waals surface area contributed by atoms with Gasteiger partial charge in [-0.05, 0) is 60.2 Å². The van der Waals surface area contributed by atoms with E-state index in [2.05, 4.69) is 0 Å².